The molecule has 2 N–H and O–H groups in total. The van der Waals surface area contributed by atoms with Gasteiger partial charge in [-0.1, -0.05) is 54.1 Å². The molecule has 27 heavy (non-hydrogen) atoms. The molecule has 0 unspecified atom stereocenters. The van der Waals surface area contributed by atoms with Crippen LogP contribution in [0.2, 0.25) is 5.02 Å². The van der Waals surface area contributed by atoms with Crippen molar-refractivity contribution in [3.8, 4) is 16.9 Å². The molecule has 4 aromatic carbocycles. The van der Waals surface area contributed by atoms with E-state index < -0.39 is 10.0 Å². The van der Waals surface area contributed by atoms with Gasteiger partial charge in [0.1, 0.15) is 5.75 Å². The Labute approximate surface area is 162 Å². The molecule has 0 atom stereocenters. The van der Waals surface area contributed by atoms with E-state index in [1.165, 1.54) is 0 Å². The maximum Gasteiger partial charge on any atom is 0.238 e. The van der Waals surface area contributed by atoms with Crippen molar-refractivity contribution in [3.05, 3.63) is 71.8 Å². The topological polar surface area (TPSA) is 69.4 Å². The average Bonchev–Trinajstić information content (AvgIpc) is 2.65. The number of hydrogen-bond acceptors (Lipinski definition) is 3. The summed E-state index contributed by atoms with van der Waals surface area (Å²) in [6.45, 7) is 0. The zero-order chi connectivity index (χ0) is 19.2. The van der Waals surface area contributed by atoms with Gasteiger partial charge < -0.3 is 4.74 Å². The number of benzene rings is 4. The van der Waals surface area contributed by atoms with Crippen LogP contribution in [0.3, 0.4) is 0 Å². The smallest absolute Gasteiger partial charge is 0.238 e. The second-order valence-electron chi connectivity index (χ2n) is 6.21. The van der Waals surface area contributed by atoms with Crippen LogP contribution in [0.1, 0.15) is 0 Å². The van der Waals surface area contributed by atoms with E-state index in [0.29, 0.717) is 21.9 Å². The fourth-order valence-electron chi connectivity index (χ4n) is 3.46. The predicted octanol–water partition coefficient (Wildman–Crippen LogP) is 4.97. The van der Waals surface area contributed by atoms with Gasteiger partial charge in [0.2, 0.25) is 10.0 Å². The van der Waals surface area contributed by atoms with E-state index in [1.54, 1.807) is 25.3 Å². The number of ether oxygens (including phenoxy) is 1. The first-order chi connectivity index (χ1) is 12.9. The van der Waals surface area contributed by atoms with Crippen LogP contribution in [0.4, 0.5) is 0 Å². The summed E-state index contributed by atoms with van der Waals surface area (Å²) >= 11 is 6.14. The first-order valence-corrected chi connectivity index (χ1v) is 10.1. The van der Waals surface area contributed by atoms with E-state index in [4.69, 9.17) is 21.5 Å². The van der Waals surface area contributed by atoms with Gasteiger partial charge in [-0.3, -0.25) is 0 Å². The van der Waals surface area contributed by atoms with Crippen LogP contribution in [-0.2, 0) is 10.0 Å². The summed E-state index contributed by atoms with van der Waals surface area (Å²) < 4.78 is 30.3. The highest BCUT2D eigenvalue weighted by Gasteiger charge is 2.22. The molecule has 0 aliphatic rings. The molecule has 0 heterocycles. The standard InChI is InChI=1S/C21H16ClNO3S/c1-26-18-10-6-14-12-15(22)8-9-17(14)20(18)21-16-5-3-2-4-13(16)7-11-19(21)27(23,24)25/h2-12H,1H3,(H2,23,24,25). The first kappa shape index (κ1) is 17.8. The molecule has 6 heteroatoms. The van der Waals surface area contributed by atoms with Crippen molar-refractivity contribution in [3.63, 3.8) is 0 Å². The van der Waals surface area contributed by atoms with Crippen LogP contribution in [0.15, 0.2) is 71.6 Å². The van der Waals surface area contributed by atoms with Gasteiger partial charge in [0.15, 0.2) is 0 Å². The van der Waals surface area contributed by atoms with Crippen molar-refractivity contribution in [1.29, 1.82) is 0 Å². The van der Waals surface area contributed by atoms with E-state index in [9.17, 15) is 8.42 Å². The summed E-state index contributed by atoms with van der Waals surface area (Å²) in [4.78, 5) is 0.0574. The van der Waals surface area contributed by atoms with Crippen LogP contribution in [0.25, 0.3) is 32.7 Å². The fourth-order valence-corrected chi connectivity index (χ4v) is 4.39. The van der Waals surface area contributed by atoms with E-state index in [-0.39, 0.29) is 4.90 Å². The van der Waals surface area contributed by atoms with Crippen molar-refractivity contribution in [2.75, 3.05) is 7.11 Å². The van der Waals surface area contributed by atoms with Crippen LogP contribution in [0.5, 0.6) is 5.75 Å². The van der Waals surface area contributed by atoms with Crippen LogP contribution >= 0.6 is 11.6 Å². The Morgan fingerprint density at radius 3 is 2.30 bits per heavy atom. The van der Waals surface area contributed by atoms with Crippen molar-refractivity contribution >= 4 is 43.2 Å². The fraction of sp³-hybridized carbons (Fsp3) is 0.0476. The molecule has 0 radical (unpaired) electrons. The van der Waals surface area contributed by atoms with Crippen LogP contribution < -0.4 is 9.88 Å². The lowest BCUT2D eigenvalue weighted by molar-refractivity contribution is 0.417. The third-order valence-electron chi connectivity index (χ3n) is 4.61. The second kappa shape index (κ2) is 6.53. The molecule has 4 nitrogen and oxygen atoms in total. The van der Waals surface area contributed by atoms with E-state index in [0.717, 1.165) is 21.5 Å². The quantitative estimate of drug-likeness (QED) is 0.530. The molecule has 4 aromatic rings. The number of sulfonamides is 1. The summed E-state index contributed by atoms with van der Waals surface area (Å²) in [7, 11) is -2.40. The molecule has 0 spiro atoms. The molecule has 0 fully saturated rings. The minimum Gasteiger partial charge on any atom is -0.496 e. The van der Waals surface area contributed by atoms with Gasteiger partial charge in [0.05, 0.1) is 12.0 Å². The Bertz CT molecular complexity index is 1300. The molecule has 0 amide bonds. The second-order valence-corrected chi connectivity index (χ2v) is 8.18. The van der Waals surface area contributed by atoms with Gasteiger partial charge >= 0.3 is 0 Å². The van der Waals surface area contributed by atoms with E-state index in [2.05, 4.69) is 0 Å². The van der Waals surface area contributed by atoms with Crippen molar-refractivity contribution in [1.82, 2.24) is 0 Å². The van der Waals surface area contributed by atoms with E-state index >= 15 is 0 Å². The third kappa shape index (κ3) is 3.04. The van der Waals surface area contributed by atoms with Crippen LogP contribution in [0, 0.1) is 0 Å². The Hall–Kier alpha value is -2.60. The Morgan fingerprint density at radius 2 is 1.56 bits per heavy atom. The third-order valence-corrected chi connectivity index (χ3v) is 5.80. The number of fused-ring (bicyclic) bond motifs is 2. The SMILES string of the molecule is COc1ccc2cc(Cl)ccc2c1-c1c(S(N)(=O)=O)ccc2ccccc12. The van der Waals surface area contributed by atoms with Gasteiger partial charge in [-0.25, -0.2) is 13.6 Å². The summed E-state index contributed by atoms with van der Waals surface area (Å²) in [5, 5.41) is 9.56. The maximum atomic E-state index is 12.4. The lowest BCUT2D eigenvalue weighted by Gasteiger charge is -2.17. The highest BCUT2D eigenvalue weighted by molar-refractivity contribution is 7.89. The molecule has 136 valence electrons. The number of nitrogens with two attached hydrogens (primary N) is 1. The Balaban J connectivity index is 2.26. The molecular formula is C21H16ClNO3S. The Morgan fingerprint density at radius 1 is 0.852 bits per heavy atom. The first-order valence-electron chi connectivity index (χ1n) is 8.21. The van der Waals surface area contributed by atoms with Gasteiger partial charge in [-0.15, -0.1) is 0 Å². The lowest BCUT2D eigenvalue weighted by Crippen LogP contribution is -2.13. The summed E-state index contributed by atoms with van der Waals surface area (Å²) in [6, 6.07) is 20.1. The van der Waals surface area contributed by atoms with Crippen LogP contribution in [-0.4, -0.2) is 15.5 Å². The molecule has 0 aliphatic carbocycles. The summed E-state index contributed by atoms with van der Waals surface area (Å²) in [5.41, 5.74) is 1.20. The largest absolute Gasteiger partial charge is 0.496 e. The predicted molar refractivity (Wildman–Crippen MR) is 110 cm³/mol. The number of rotatable bonds is 3. The molecule has 0 aliphatic heterocycles. The molecule has 4 rings (SSSR count). The zero-order valence-corrected chi connectivity index (χ0v) is 16.0. The summed E-state index contributed by atoms with van der Waals surface area (Å²) in [6.07, 6.45) is 0. The zero-order valence-electron chi connectivity index (χ0n) is 14.4. The molecule has 0 saturated heterocycles. The van der Waals surface area contributed by atoms with Gasteiger partial charge in [0.25, 0.3) is 0 Å². The molecular weight excluding hydrogens is 382 g/mol. The lowest BCUT2D eigenvalue weighted by atomic mass is 9.93. The monoisotopic (exact) mass is 397 g/mol. The van der Waals surface area contributed by atoms with Crippen molar-refractivity contribution < 1.29 is 13.2 Å². The van der Waals surface area contributed by atoms with Crippen molar-refractivity contribution in [2.45, 2.75) is 4.90 Å². The highest BCUT2D eigenvalue weighted by atomic mass is 35.5. The van der Waals surface area contributed by atoms with Crippen molar-refractivity contribution in [2.24, 2.45) is 5.14 Å². The number of primary sulfonamides is 1. The number of halogens is 1. The average molecular weight is 398 g/mol. The minimum absolute atomic E-state index is 0.0574. The number of hydrogen-bond donors (Lipinski definition) is 1. The van der Waals surface area contributed by atoms with Gasteiger partial charge in [0, 0.05) is 16.1 Å². The summed E-state index contributed by atoms with van der Waals surface area (Å²) in [5.74, 6) is 0.561. The van der Waals surface area contributed by atoms with Gasteiger partial charge in [-0.05, 0) is 45.8 Å². The molecule has 0 bridgehead atoms. The minimum atomic E-state index is -3.96. The van der Waals surface area contributed by atoms with E-state index in [1.807, 2.05) is 48.5 Å². The normalized spacial score (nSPS) is 11.8. The molecule has 0 saturated carbocycles. The maximum absolute atomic E-state index is 12.4. The Kier molecular flexibility index (Phi) is 4.30. The highest BCUT2D eigenvalue weighted by Crippen LogP contribution is 2.43. The van der Waals surface area contributed by atoms with Gasteiger partial charge in [-0.2, -0.15) is 0 Å². The molecule has 0 aromatic heterocycles. The number of methoxy groups -OCH3 is 1.